The van der Waals surface area contributed by atoms with Crippen molar-refractivity contribution in [3.8, 4) is 0 Å². The molecule has 0 saturated carbocycles. The normalized spacial score (nSPS) is 31.7. The Labute approximate surface area is 153 Å². The first-order chi connectivity index (χ1) is 12.2. The van der Waals surface area contributed by atoms with E-state index in [1.54, 1.807) is 0 Å². The van der Waals surface area contributed by atoms with Crippen LogP contribution >= 0.6 is 0 Å². The maximum atomic E-state index is 4.53. The molecule has 0 unspecified atom stereocenters. The van der Waals surface area contributed by atoms with Crippen molar-refractivity contribution in [3.05, 3.63) is 30.1 Å². The smallest absolute Gasteiger partial charge is 0.0543 e. The van der Waals surface area contributed by atoms with E-state index in [-0.39, 0.29) is 0 Å². The molecule has 3 fully saturated rings. The number of likely N-dealkylation sites (tertiary alicyclic amines) is 3. The fourth-order valence-corrected chi connectivity index (χ4v) is 5.56. The Morgan fingerprint density at radius 1 is 1.12 bits per heavy atom. The third kappa shape index (κ3) is 3.91. The van der Waals surface area contributed by atoms with Gasteiger partial charge in [0, 0.05) is 50.5 Å². The van der Waals surface area contributed by atoms with Gasteiger partial charge >= 0.3 is 0 Å². The molecule has 3 aliphatic heterocycles. The van der Waals surface area contributed by atoms with E-state index in [4.69, 9.17) is 0 Å². The van der Waals surface area contributed by atoms with Crippen LogP contribution in [-0.2, 0) is 6.54 Å². The Morgan fingerprint density at radius 2 is 1.96 bits per heavy atom. The van der Waals surface area contributed by atoms with E-state index in [2.05, 4.69) is 45.7 Å². The monoisotopic (exact) mass is 342 g/mol. The molecule has 0 N–H and O–H groups in total. The highest BCUT2D eigenvalue weighted by atomic mass is 15.3. The van der Waals surface area contributed by atoms with Gasteiger partial charge in [-0.2, -0.15) is 0 Å². The zero-order valence-corrected chi connectivity index (χ0v) is 16.0. The SMILES string of the molecule is CC(C)N1[C@@H](CN2CCCC2)C[C@H]2CN(Cc3ccccn3)CC[C@H]21. The lowest BCUT2D eigenvalue weighted by atomic mass is 9.91. The standard InChI is InChI=1S/C21H34N4/c1-17(2)25-20(16-23-10-5-6-11-23)13-18-14-24(12-8-21(18)25)15-19-7-3-4-9-22-19/h3-4,7,9,17-18,20-21H,5-6,8,10-16H2,1-2H3/t18-,20+,21+/m0/s1. The largest absolute Gasteiger partial charge is 0.302 e. The second kappa shape index (κ2) is 7.73. The molecule has 4 heteroatoms. The highest BCUT2D eigenvalue weighted by molar-refractivity contribution is 5.05. The summed E-state index contributed by atoms with van der Waals surface area (Å²) in [7, 11) is 0. The molecule has 3 aliphatic rings. The van der Waals surface area contributed by atoms with E-state index in [1.165, 1.54) is 64.1 Å². The van der Waals surface area contributed by atoms with Crippen LogP contribution in [-0.4, -0.2) is 70.5 Å². The van der Waals surface area contributed by atoms with Gasteiger partial charge in [0.2, 0.25) is 0 Å². The average molecular weight is 343 g/mol. The molecule has 0 radical (unpaired) electrons. The third-order valence-electron chi connectivity index (χ3n) is 6.53. The van der Waals surface area contributed by atoms with Crippen LogP contribution in [0.15, 0.2) is 24.4 Å². The van der Waals surface area contributed by atoms with E-state index < -0.39 is 0 Å². The van der Waals surface area contributed by atoms with Gasteiger partial charge in [0.25, 0.3) is 0 Å². The van der Waals surface area contributed by atoms with E-state index in [9.17, 15) is 0 Å². The van der Waals surface area contributed by atoms with Crippen molar-refractivity contribution >= 4 is 0 Å². The van der Waals surface area contributed by atoms with Crippen molar-refractivity contribution in [2.45, 2.75) is 64.2 Å². The molecule has 3 saturated heterocycles. The number of fused-ring (bicyclic) bond motifs is 1. The Kier molecular flexibility index (Phi) is 5.39. The van der Waals surface area contributed by atoms with Crippen LogP contribution in [0.25, 0.3) is 0 Å². The van der Waals surface area contributed by atoms with Crippen LogP contribution < -0.4 is 0 Å². The number of pyridine rings is 1. The number of aromatic nitrogens is 1. The van der Waals surface area contributed by atoms with Crippen molar-refractivity contribution in [1.29, 1.82) is 0 Å². The molecule has 3 atom stereocenters. The molecule has 0 spiro atoms. The molecule has 25 heavy (non-hydrogen) atoms. The second-order valence-electron chi connectivity index (χ2n) is 8.61. The van der Waals surface area contributed by atoms with E-state index in [0.717, 1.165) is 24.5 Å². The molecule has 0 aliphatic carbocycles. The number of hydrogen-bond donors (Lipinski definition) is 0. The van der Waals surface area contributed by atoms with E-state index >= 15 is 0 Å². The lowest BCUT2D eigenvalue weighted by Crippen LogP contribution is -2.50. The number of hydrogen-bond acceptors (Lipinski definition) is 4. The first-order valence-electron chi connectivity index (χ1n) is 10.3. The summed E-state index contributed by atoms with van der Waals surface area (Å²) in [6.07, 6.45) is 7.44. The predicted octanol–water partition coefficient (Wildman–Crippen LogP) is 2.85. The molecular weight excluding hydrogens is 308 g/mol. The summed E-state index contributed by atoms with van der Waals surface area (Å²) in [6.45, 7) is 12.2. The third-order valence-corrected chi connectivity index (χ3v) is 6.53. The second-order valence-corrected chi connectivity index (χ2v) is 8.61. The summed E-state index contributed by atoms with van der Waals surface area (Å²) < 4.78 is 0. The van der Waals surface area contributed by atoms with Gasteiger partial charge < -0.3 is 4.90 Å². The van der Waals surface area contributed by atoms with E-state index in [0.29, 0.717) is 6.04 Å². The van der Waals surface area contributed by atoms with Crippen LogP contribution in [0.2, 0.25) is 0 Å². The molecule has 4 rings (SSSR count). The summed E-state index contributed by atoms with van der Waals surface area (Å²) in [6, 6.07) is 8.52. The summed E-state index contributed by atoms with van der Waals surface area (Å²) >= 11 is 0. The maximum Gasteiger partial charge on any atom is 0.0543 e. The van der Waals surface area contributed by atoms with Gasteiger partial charge in [0.05, 0.1) is 5.69 Å². The molecule has 0 amide bonds. The first kappa shape index (κ1) is 17.4. The van der Waals surface area contributed by atoms with Gasteiger partial charge in [-0.3, -0.25) is 14.8 Å². The predicted molar refractivity (Wildman–Crippen MR) is 102 cm³/mol. The number of nitrogens with zero attached hydrogens (tertiary/aromatic N) is 4. The lowest BCUT2D eigenvalue weighted by Gasteiger charge is -2.40. The van der Waals surface area contributed by atoms with Crippen LogP contribution in [0.5, 0.6) is 0 Å². The van der Waals surface area contributed by atoms with Crippen molar-refractivity contribution in [1.82, 2.24) is 19.7 Å². The van der Waals surface area contributed by atoms with Crippen LogP contribution in [0.4, 0.5) is 0 Å². The average Bonchev–Trinajstić information content (AvgIpc) is 3.23. The van der Waals surface area contributed by atoms with Crippen molar-refractivity contribution in [2.24, 2.45) is 5.92 Å². The highest BCUT2D eigenvalue weighted by Gasteiger charge is 2.45. The van der Waals surface area contributed by atoms with Gasteiger partial charge in [-0.1, -0.05) is 6.07 Å². The Hall–Kier alpha value is -0.970. The van der Waals surface area contributed by atoms with Gasteiger partial charge in [-0.05, 0) is 70.7 Å². The quantitative estimate of drug-likeness (QED) is 0.821. The molecule has 4 heterocycles. The number of rotatable bonds is 5. The maximum absolute atomic E-state index is 4.53. The summed E-state index contributed by atoms with van der Waals surface area (Å²) in [5.74, 6) is 0.840. The highest BCUT2D eigenvalue weighted by Crippen LogP contribution is 2.38. The first-order valence-corrected chi connectivity index (χ1v) is 10.3. The summed E-state index contributed by atoms with van der Waals surface area (Å²) in [5, 5.41) is 0. The van der Waals surface area contributed by atoms with Crippen molar-refractivity contribution < 1.29 is 0 Å². The molecule has 0 bridgehead atoms. The van der Waals surface area contributed by atoms with Gasteiger partial charge in [-0.15, -0.1) is 0 Å². The van der Waals surface area contributed by atoms with Gasteiger partial charge in [0.1, 0.15) is 0 Å². The van der Waals surface area contributed by atoms with E-state index in [1.807, 2.05) is 12.3 Å². The Bertz CT molecular complexity index is 540. The van der Waals surface area contributed by atoms with Crippen LogP contribution in [0, 0.1) is 5.92 Å². The zero-order valence-electron chi connectivity index (χ0n) is 16.0. The molecule has 1 aromatic heterocycles. The lowest BCUT2D eigenvalue weighted by molar-refractivity contribution is 0.0679. The molecular formula is C21H34N4. The van der Waals surface area contributed by atoms with Crippen molar-refractivity contribution in [3.63, 3.8) is 0 Å². The van der Waals surface area contributed by atoms with Gasteiger partial charge in [0.15, 0.2) is 0 Å². The Balaban J connectivity index is 1.40. The minimum atomic E-state index is 0.671. The fraction of sp³-hybridized carbons (Fsp3) is 0.762. The van der Waals surface area contributed by atoms with Crippen LogP contribution in [0.3, 0.4) is 0 Å². The van der Waals surface area contributed by atoms with Crippen molar-refractivity contribution in [2.75, 3.05) is 32.7 Å². The molecule has 1 aromatic rings. The molecule has 0 aromatic carbocycles. The zero-order chi connectivity index (χ0) is 17.2. The summed E-state index contributed by atoms with van der Waals surface area (Å²) in [4.78, 5) is 12.8. The topological polar surface area (TPSA) is 22.6 Å². The fourth-order valence-electron chi connectivity index (χ4n) is 5.56. The van der Waals surface area contributed by atoms with Gasteiger partial charge in [-0.25, -0.2) is 0 Å². The number of piperidine rings is 1. The van der Waals surface area contributed by atoms with Crippen LogP contribution in [0.1, 0.15) is 45.2 Å². The molecule has 138 valence electrons. The minimum Gasteiger partial charge on any atom is -0.302 e. The summed E-state index contributed by atoms with van der Waals surface area (Å²) in [5.41, 5.74) is 1.22. The Morgan fingerprint density at radius 3 is 2.68 bits per heavy atom. The molecule has 4 nitrogen and oxygen atoms in total. The minimum absolute atomic E-state index is 0.671.